The van der Waals surface area contributed by atoms with Gasteiger partial charge in [-0.1, -0.05) is 6.07 Å². The van der Waals surface area contributed by atoms with Crippen molar-refractivity contribution in [3.8, 4) is 0 Å². The molecule has 1 aromatic carbocycles. The quantitative estimate of drug-likeness (QED) is 0.831. The van der Waals surface area contributed by atoms with E-state index in [1.165, 1.54) is 0 Å². The Bertz CT molecular complexity index is 408. The van der Waals surface area contributed by atoms with Crippen molar-refractivity contribution in [1.82, 2.24) is 0 Å². The van der Waals surface area contributed by atoms with E-state index < -0.39 is 29.7 Å². The van der Waals surface area contributed by atoms with Crippen molar-refractivity contribution < 1.29 is 23.0 Å². The third-order valence-electron chi connectivity index (χ3n) is 2.58. The van der Waals surface area contributed by atoms with Gasteiger partial charge in [0.05, 0.1) is 12.7 Å². The third kappa shape index (κ3) is 2.59. The van der Waals surface area contributed by atoms with Crippen LogP contribution in [0.2, 0.25) is 0 Å². The highest BCUT2D eigenvalue weighted by molar-refractivity contribution is 7.99. The third-order valence-corrected chi connectivity index (χ3v) is 3.60. The zero-order chi connectivity index (χ0) is 12.4. The molecule has 6 heteroatoms. The average molecular weight is 264 g/mol. The van der Waals surface area contributed by atoms with E-state index in [-0.39, 0.29) is 5.56 Å². The average Bonchev–Trinajstić information content (AvgIpc) is 2.36. The molecule has 0 aliphatic carbocycles. The summed E-state index contributed by atoms with van der Waals surface area (Å²) in [6.07, 6.45) is -1.87. The second kappa shape index (κ2) is 5.29. The van der Waals surface area contributed by atoms with Crippen LogP contribution in [0.4, 0.5) is 13.2 Å². The van der Waals surface area contributed by atoms with Crippen molar-refractivity contribution in [1.29, 1.82) is 0 Å². The number of rotatable bonds is 2. The lowest BCUT2D eigenvalue weighted by molar-refractivity contribution is -0.0244. The minimum absolute atomic E-state index is 0.267. The molecule has 1 aliphatic rings. The first-order valence-corrected chi connectivity index (χ1v) is 6.27. The standard InChI is InChI=1S/C11H11F3O2S/c12-7-2-1-6(9(13)10(7)14)11(15)8-5-17-4-3-16-8/h1-2,8,11,15H,3-5H2. The summed E-state index contributed by atoms with van der Waals surface area (Å²) in [5, 5.41) is 9.87. The predicted molar refractivity (Wildman–Crippen MR) is 58.3 cm³/mol. The van der Waals surface area contributed by atoms with Crippen LogP contribution in [0.25, 0.3) is 0 Å². The fourth-order valence-corrected chi connectivity index (χ4v) is 2.55. The summed E-state index contributed by atoms with van der Waals surface area (Å²) in [6.45, 7) is 0.456. The van der Waals surface area contributed by atoms with Crippen molar-refractivity contribution in [3.05, 3.63) is 35.1 Å². The Morgan fingerprint density at radius 1 is 1.29 bits per heavy atom. The normalized spacial score (nSPS) is 22.5. The Hall–Kier alpha value is -0.720. The van der Waals surface area contributed by atoms with Gasteiger partial charge in [0.15, 0.2) is 17.5 Å². The summed E-state index contributed by atoms with van der Waals surface area (Å²) in [5.41, 5.74) is -0.267. The number of aliphatic hydroxyl groups excluding tert-OH is 1. The molecule has 1 heterocycles. The first kappa shape index (κ1) is 12.7. The molecule has 0 aromatic heterocycles. The molecular weight excluding hydrogens is 253 g/mol. The van der Waals surface area contributed by atoms with E-state index >= 15 is 0 Å². The number of halogens is 3. The molecule has 1 aromatic rings. The van der Waals surface area contributed by atoms with E-state index in [1.54, 1.807) is 11.8 Å². The van der Waals surface area contributed by atoms with Crippen LogP contribution in [0.15, 0.2) is 12.1 Å². The van der Waals surface area contributed by atoms with Crippen molar-refractivity contribution in [2.45, 2.75) is 12.2 Å². The summed E-state index contributed by atoms with van der Waals surface area (Å²) in [7, 11) is 0. The van der Waals surface area contributed by atoms with Crippen LogP contribution >= 0.6 is 11.8 Å². The summed E-state index contributed by atoms with van der Waals surface area (Å²) >= 11 is 1.56. The first-order valence-electron chi connectivity index (χ1n) is 5.12. The minimum Gasteiger partial charge on any atom is -0.386 e. The molecule has 0 bridgehead atoms. The van der Waals surface area contributed by atoms with Gasteiger partial charge in [0.2, 0.25) is 0 Å². The molecule has 2 rings (SSSR count). The van der Waals surface area contributed by atoms with Crippen LogP contribution in [0.5, 0.6) is 0 Å². The molecule has 2 atom stereocenters. The molecule has 0 amide bonds. The lowest BCUT2D eigenvalue weighted by Crippen LogP contribution is -2.30. The maximum Gasteiger partial charge on any atom is 0.194 e. The number of ether oxygens (including phenoxy) is 1. The predicted octanol–water partition coefficient (Wildman–Crippen LogP) is 2.27. The van der Waals surface area contributed by atoms with E-state index in [2.05, 4.69) is 0 Å². The van der Waals surface area contributed by atoms with Gasteiger partial charge in [-0.15, -0.1) is 0 Å². The molecule has 0 radical (unpaired) electrons. The maximum absolute atomic E-state index is 13.4. The van der Waals surface area contributed by atoms with Gasteiger partial charge in [-0.25, -0.2) is 13.2 Å². The van der Waals surface area contributed by atoms with E-state index in [4.69, 9.17) is 4.74 Å². The lowest BCUT2D eigenvalue weighted by atomic mass is 10.0. The van der Waals surface area contributed by atoms with Crippen LogP contribution in [-0.2, 0) is 4.74 Å². The van der Waals surface area contributed by atoms with Crippen LogP contribution in [0.3, 0.4) is 0 Å². The number of hydrogen-bond donors (Lipinski definition) is 1. The van der Waals surface area contributed by atoms with Gasteiger partial charge in [0, 0.05) is 17.1 Å². The van der Waals surface area contributed by atoms with Crippen LogP contribution in [-0.4, -0.2) is 29.3 Å². The SMILES string of the molecule is OC(c1ccc(F)c(F)c1F)C1CSCCO1. The van der Waals surface area contributed by atoms with E-state index in [9.17, 15) is 18.3 Å². The zero-order valence-corrected chi connectivity index (χ0v) is 9.64. The number of benzene rings is 1. The van der Waals surface area contributed by atoms with Crippen molar-refractivity contribution in [2.24, 2.45) is 0 Å². The van der Waals surface area contributed by atoms with E-state index in [1.807, 2.05) is 0 Å². The van der Waals surface area contributed by atoms with Gasteiger partial charge in [-0.05, 0) is 6.07 Å². The number of aliphatic hydroxyl groups is 1. The fraction of sp³-hybridized carbons (Fsp3) is 0.455. The Labute approximate surface area is 101 Å². The smallest absolute Gasteiger partial charge is 0.194 e. The molecule has 1 fully saturated rings. The molecular formula is C11H11F3O2S. The van der Waals surface area contributed by atoms with Gasteiger partial charge in [0.25, 0.3) is 0 Å². The lowest BCUT2D eigenvalue weighted by Gasteiger charge is -2.27. The Morgan fingerprint density at radius 3 is 2.71 bits per heavy atom. The van der Waals surface area contributed by atoms with E-state index in [0.29, 0.717) is 12.4 Å². The van der Waals surface area contributed by atoms with Crippen molar-refractivity contribution in [3.63, 3.8) is 0 Å². The second-order valence-electron chi connectivity index (χ2n) is 3.69. The Morgan fingerprint density at radius 2 is 2.06 bits per heavy atom. The molecule has 2 nitrogen and oxygen atoms in total. The van der Waals surface area contributed by atoms with Crippen LogP contribution < -0.4 is 0 Å². The Balaban J connectivity index is 2.24. The van der Waals surface area contributed by atoms with Crippen LogP contribution in [0, 0.1) is 17.5 Å². The summed E-state index contributed by atoms with van der Waals surface area (Å²) in [5.74, 6) is -2.87. The zero-order valence-electron chi connectivity index (χ0n) is 8.83. The van der Waals surface area contributed by atoms with Gasteiger partial charge in [-0.3, -0.25) is 0 Å². The largest absolute Gasteiger partial charge is 0.386 e. The molecule has 0 saturated carbocycles. The number of thioether (sulfide) groups is 1. The number of hydrogen-bond acceptors (Lipinski definition) is 3. The van der Waals surface area contributed by atoms with E-state index in [0.717, 1.165) is 17.9 Å². The van der Waals surface area contributed by atoms with Crippen molar-refractivity contribution >= 4 is 11.8 Å². The van der Waals surface area contributed by atoms with Gasteiger partial charge in [-0.2, -0.15) is 11.8 Å². The monoisotopic (exact) mass is 264 g/mol. The highest BCUT2D eigenvalue weighted by atomic mass is 32.2. The molecule has 0 spiro atoms. The molecule has 2 unspecified atom stereocenters. The highest BCUT2D eigenvalue weighted by Gasteiger charge is 2.28. The van der Waals surface area contributed by atoms with Gasteiger partial charge < -0.3 is 9.84 Å². The summed E-state index contributed by atoms with van der Waals surface area (Å²) < 4.78 is 44.4. The molecule has 1 saturated heterocycles. The summed E-state index contributed by atoms with van der Waals surface area (Å²) in [6, 6.07) is 1.84. The van der Waals surface area contributed by atoms with Gasteiger partial charge in [0.1, 0.15) is 6.10 Å². The Kier molecular flexibility index (Phi) is 3.96. The first-order chi connectivity index (χ1) is 8.11. The topological polar surface area (TPSA) is 29.5 Å². The summed E-state index contributed by atoms with van der Waals surface area (Å²) in [4.78, 5) is 0. The van der Waals surface area contributed by atoms with Crippen LogP contribution in [0.1, 0.15) is 11.7 Å². The molecule has 94 valence electrons. The minimum atomic E-state index is -1.56. The molecule has 1 N–H and O–H groups in total. The van der Waals surface area contributed by atoms with Crippen molar-refractivity contribution in [2.75, 3.05) is 18.1 Å². The maximum atomic E-state index is 13.4. The highest BCUT2D eigenvalue weighted by Crippen LogP contribution is 2.28. The van der Waals surface area contributed by atoms with Gasteiger partial charge >= 0.3 is 0 Å². The fourth-order valence-electron chi connectivity index (χ4n) is 1.66. The second-order valence-corrected chi connectivity index (χ2v) is 4.84. The molecule has 1 aliphatic heterocycles. The molecule has 17 heavy (non-hydrogen) atoms.